The van der Waals surface area contributed by atoms with Crippen molar-refractivity contribution in [3.8, 4) is 0 Å². The van der Waals surface area contributed by atoms with Crippen molar-refractivity contribution < 1.29 is 13.2 Å². The molecular weight excluding hydrogens is 402 g/mol. The highest BCUT2D eigenvalue weighted by atomic mass is 32.2. The van der Waals surface area contributed by atoms with E-state index in [2.05, 4.69) is 15.4 Å². The number of anilines is 1. The van der Waals surface area contributed by atoms with Gasteiger partial charge in [0.2, 0.25) is 5.91 Å². The average molecular weight is 423 g/mol. The maximum Gasteiger partial charge on any atom is 0.245 e. The normalized spacial score (nSPS) is 11.6. The van der Waals surface area contributed by atoms with E-state index < -0.39 is 9.84 Å². The fraction of sp³-hybridized carbons (Fsp3) is 0.190. The van der Waals surface area contributed by atoms with Gasteiger partial charge in [-0.2, -0.15) is 5.10 Å². The summed E-state index contributed by atoms with van der Waals surface area (Å²) in [6.07, 6.45) is 2.78. The molecule has 0 fully saturated rings. The summed E-state index contributed by atoms with van der Waals surface area (Å²) in [6, 6.07) is 18.8. The number of carbonyl (C=O) groups is 1. The molecule has 0 bridgehead atoms. The lowest BCUT2D eigenvalue weighted by molar-refractivity contribution is -0.116. The Labute approximate surface area is 174 Å². The number of hydrogen-bond acceptors (Lipinski definition) is 5. The quantitative estimate of drug-likeness (QED) is 0.492. The second kappa shape index (κ2) is 8.11. The number of amides is 1. The second-order valence-electron chi connectivity index (χ2n) is 7.08. The number of imidazole rings is 1. The number of nitrogens with zero attached hydrogens (tertiary/aromatic N) is 4. The Hall–Kier alpha value is -3.46. The van der Waals surface area contributed by atoms with E-state index in [-0.39, 0.29) is 18.2 Å². The molecule has 9 heteroatoms. The molecule has 4 rings (SSSR count). The molecule has 0 atom stereocenters. The number of sulfone groups is 1. The van der Waals surface area contributed by atoms with Gasteiger partial charge in [-0.25, -0.2) is 18.1 Å². The Bertz CT molecular complexity index is 1290. The zero-order valence-corrected chi connectivity index (χ0v) is 17.2. The van der Waals surface area contributed by atoms with Crippen LogP contribution in [0.5, 0.6) is 0 Å². The molecule has 1 N–H and O–H groups in total. The number of benzene rings is 2. The highest BCUT2D eigenvalue weighted by Crippen LogP contribution is 2.18. The van der Waals surface area contributed by atoms with Crippen LogP contribution in [0.25, 0.3) is 11.0 Å². The predicted molar refractivity (Wildman–Crippen MR) is 115 cm³/mol. The first-order valence-electron chi connectivity index (χ1n) is 9.36. The van der Waals surface area contributed by atoms with Crippen LogP contribution >= 0.6 is 0 Å². The molecule has 0 aliphatic heterocycles. The van der Waals surface area contributed by atoms with E-state index in [1.54, 1.807) is 27.6 Å². The van der Waals surface area contributed by atoms with Gasteiger partial charge in [-0.15, -0.1) is 0 Å². The molecule has 0 saturated heterocycles. The van der Waals surface area contributed by atoms with Crippen LogP contribution in [0.2, 0.25) is 0 Å². The molecule has 0 unspecified atom stereocenters. The molecule has 0 aliphatic carbocycles. The molecule has 0 aliphatic rings. The Morgan fingerprint density at radius 3 is 2.53 bits per heavy atom. The van der Waals surface area contributed by atoms with Crippen molar-refractivity contribution in [2.24, 2.45) is 0 Å². The Kier molecular flexibility index (Phi) is 5.37. The third-order valence-corrected chi connectivity index (χ3v) is 5.37. The Morgan fingerprint density at radius 1 is 1.03 bits per heavy atom. The van der Waals surface area contributed by atoms with Crippen LogP contribution in [0.1, 0.15) is 11.4 Å². The molecule has 0 radical (unpaired) electrons. The number of nitrogens with one attached hydrogen (secondary N) is 1. The highest BCUT2D eigenvalue weighted by molar-refractivity contribution is 7.89. The van der Waals surface area contributed by atoms with Crippen LogP contribution in [0.3, 0.4) is 0 Å². The van der Waals surface area contributed by atoms with E-state index in [0.717, 1.165) is 11.8 Å². The van der Waals surface area contributed by atoms with Gasteiger partial charge >= 0.3 is 0 Å². The molecule has 2 aromatic heterocycles. The van der Waals surface area contributed by atoms with Gasteiger partial charge < -0.3 is 9.88 Å². The van der Waals surface area contributed by atoms with Crippen molar-refractivity contribution in [1.82, 2.24) is 19.3 Å². The molecule has 4 aromatic rings. The summed E-state index contributed by atoms with van der Waals surface area (Å²) in [5.74, 6) is 0.383. The first kappa shape index (κ1) is 19.8. The smallest absolute Gasteiger partial charge is 0.245 e. The summed E-state index contributed by atoms with van der Waals surface area (Å²) in [7, 11) is -3.30. The third-order valence-electron chi connectivity index (χ3n) is 4.59. The summed E-state index contributed by atoms with van der Waals surface area (Å²) in [4.78, 5) is 17.2. The van der Waals surface area contributed by atoms with Gasteiger partial charge in [-0.05, 0) is 17.7 Å². The Balaban J connectivity index is 1.56. The van der Waals surface area contributed by atoms with Gasteiger partial charge in [-0.3, -0.25) is 4.79 Å². The van der Waals surface area contributed by atoms with Crippen LogP contribution < -0.4 is 5.32 Å². The molecule has 30 heavy (non-hydrogen) atoms. The molecular formula is C21H21N5O3S. The van der Waals surface area contributed by atoms with E-state index in [0.29, 0.717) is 29.2 Å². The monoisotopic (exact) mass is 423 g/mol. The third kappa shape index (κ3) is 4.57. The largest absolute Gasteiger partial charge is 0.318 e. The number of rotatable bonds is 7. The fourth-order valence-electron chi connectivity index (χ4n) is 3.29. The van der Waals surface area contributed by atoms with Gasteiger partial charge in [0.05, 0.1) is 23.8 Å². The van der Waals surface area contributed by atoms with E-state index in [9.17, 15) is 13.2 Å². The minimum atomic E-state index is -3.30. The highest BCUT2D eigenvalue weighted by Gasteiger charge is 2.18. The van der Waals surface area contributed by atoms with E-state index in [4.69, 9.17) is 0 Å². The maximum absolute atomic E-state index is 12.8. The summed E-state index contributed by atoms with van der Waals surface area (Å²) < 4.78 is 27.0. The van der Waals surface area contributed by atoms with Crippen molar-refractivity contribution in [2.45, 2.75) is 18.8 Å². The lowest BCUT2D eigenvalue weighted by Crippen LogP contribution is -2.22. The van der Waals surface area contributed by atoms with Crippen molar-refractivity contribution >= 4 is 32.6 Å². The summed E-state index contributed by atoms with van der Waals surface area (Å²) >= 11 is 0. The molecule has 154 valence electrons. The molecule has 2 aromatic carbocycles. The number of fused-ring (bicyclic) bond motifs is 1. The molecule has 8 nitrogen and oxygen atoms in total. The first-order valence-corrected chi connectivity index (χ1v) is 11.4. The van der Waals surface area contributed by atoms with Gasteiger partial charge in [0, 0.05) is 12.3 Å². The zero-order valence-electron chi connectivity index (χ0n) is 16.4. The predicted octanol–water partition coefficient (Wildman–Crippen LogP) is 2.46. The van der Waals surface area contributed by atoms with Gasteiger partial charge in [0.15, 0.2) is 9.84 Å². The lowest BCUT2D eigenvalue weighted by Gasteiger charge is -2.11. The average Bonchev–Trinajstić information content (AvgIpc) is 3.26. The van der Waals surface area contributed by atoms with Crippen LogP contribution in [-0.2, 0) is 33.5 Å². The van der Waals surface area contributed by atoms with Gasteiger partial charge in [0.1, 0.15) is 23.9 Å². The minimum Gasteiger partial charge on any atom is -0.318 e. The van der Waals surface area contributed by atoms with Crippen molar-refractivity contribution in [1.29, 1.82) is 0 Å². The SMILES string of the molecule is CS(=O)(=O)Cc1nc2ccccc2n1CC(=O)Nc1ccnn1Cc1ccccc1. The number of para-hydroxylation sites is 2. The first-order chi connectivity index (χ1) is 14.4. The van der Waals surface area contributed by atoms with Crippen LogP contribution in [0.15, 0.2) is 66.9 Å². The van der Waals surface area contributed by atoms with Crippen LogP contribution in [0, 0.1) is 0 Å². The summed E-state index contributed by atoms with van der Waals surface area (Å²) in [5.41, 5.74) is 2.43. The van der Waals surface area contributed by atoms with Gasteiger partial charge in [0.25, 0.3) is 0 Å². The number of carbonyl (C=O) groups excluding carboxylic acids is 1. The number of aromatic nitrogens is 4. The lowest BCUT2D eigenvalue weighted by atomic mass is 10.2. The second-order valence-corrected chi connectivity index (χ2v) is 9.22. The molecule has 2 heterocycles. The summed E-state index contributed by atoms with van der Waals surface area (Å²) in [5, 5.41) is 7.15. The van der Waals surface area contributed by atoms with Crippen LogP contribution in [-0.4, -0.2) is 39.9 Å². The zero-order chi connectivity index (χ0) is 21.1. The number of hydrogen-bond donors (Lipinski definition) is 1. The Morgan fingerprint density at radius 2 is 1.77 bits per heavy atom. The fourth-order valence-corrected chi connectivity index (χ4v) is 3.98. The summed E-state index contributed by atoms with van der Waals surface area (Å²) in [6.45, 7) is 0.471. The van der Waals surface area contributed by atoms with Crippen molar-refractivity contribution in [2.75, 3.05) is 11.6 Å². The molecule has 0 saturated carbocycles. The van der Waals surface area contributed by atoms with Crippen molar-refractivity contribution in [3.05, 3.63) is 78.2 Å². The molecule has 1 amide bonds. The van der Waals surface area contributed by atoms with E-state index in [1.165, 1.54) is 0 Å². The van der Waals surface area contributed by atoms with Crippen LogP contribution in [0.4, 0.5) is 5.82 Å². The maximum atomic E-state index is 12.8. The molecule has 0 spiro atoms. The van der Waals surface area contributed by atoms with Crippen molar-refractivity contribution in [3.63, 3.8) is 0 Å². The van der Waals surface area contributed by atoms with E-state index >= 15 is 0 Å². The minimum absolute atomic E-state index is 0.0537. The van der Waals surface area contributed by atoms with E-state index in [1.807, 2.05) is 48.5 Å². The topological polar surface area (TPSA) is 98.9 Å². The van der Waals surface area contributed by atoms with Gasteiger partial charge in [-0.1, -0.05) is 42.5 Å². The standard InChI is InChI=1S/C21H21N5O3S/c1-30(28,29)15-20-23-17-9-5-6-10-18(17)25(20)14-21(27)24-19-11-12-22-26(19)13-16-7-3-2-4-8-16/h2-12H,13-15H2,1H3,(H,24,27).